The summed E-state index contributed by atoms with van der Waals surface area (Å²) in [5.74, 6) is 0.674. The van der Waals surface area contributed by atoms with Gasteiger partial charge in [0.25, 0.3) is 0 Å². The Morgan fingerprint density at radius 3 is 2.79 bits per heavy atom. The van der Waals surface area contributed by atoms with Gasteiger partial charge in [-0.3, -0.25) is 0 Å². The Morgan fingerprint density at radius 1 is 1.57 bits per heavy atom. The lowest BCUT2D eigenvalue weighted by Crippen LogP contribution is -2.02. The van der Waals surface area contributed by atoms with E-state index in [1.807, 2.05) is 13.8 Å². The van der Waals surface area contributed by atoms with Crippen LogP contribution in [0.4, 0.5) is 0 Å². The van der Waals surface area contributed by atoms with Crippen molar-refractivity contribution in [2.24, 2.45) is 0 Å². The maximum Gasteiger partial charge on any atom is 0.327 e. The summed E-state index contributed by atoms with van der Waals surface area (Å²) in [6, 6.07) is 0. The van der Waals surface area contributed by atoms with Crippen LogP contribution in [0, 0.1) is 13.8 Å². The normalized spacial score (nSPS) is 11.0. The van der Waals surface area contributed by atoms with Gasteiger partial charge < -0.3 is 5.11 Å². The first-order chi connectivity index (χ1) is 6.59. The number of allylic oxidation sites excluding steroid dienone is 1. The largest absolute Gasteiger partial charge is 0.478 e. The lowest BCUT2D eigenvalue weighted by molar-refractivity contribution is -0.131. The molecule has 0 aromatic carbocycles. The van der Waals surface area contributed by atoms with Crippen LogP contribution in [0.25, 0.3) is 0 Å². The number of carbonyl (C=O) groups is 1. The molecule has 5 heteroatoms. The first kappa shape index (κ1) is 10.4. The lowest BCUT2D eigenvalue weighted by atomic mass is 10.4. The minimum Gasteiger partial charge on any atom is -0.478 e. The van der Waals surface area contributed by atoms with Gasteiger partial charge in [-0.1, -0.05) is 6.08 Å². The van der Waals surface area contributed by atoms with Crippen LogP contribution in [0.1, 0.15) is 18.1 Å². The van der Waals surface area contributed by atoms with Gasteiger partial charge in [-0.2, -0.15) is 5.10 Å². The van der Waals surface area contributed by atoms with Gasteiger partial charge in [0, 0.05) is 12.6 Å². The zero-order valence-electron chi connectivity index (χ0n) is 8.27. The number of nitrogens with zero attached hydrogens (tertiary/aromatic N) is 3. The highest BCUT2D eigenvalue weighted by molar-refractivity contribution is 5.79. The molecule has 1 rings (SSSR count). The number of rotatable bonds is 4. The minimum atomic E-state index is -0.920. The minimum absolute atomic E-state index is 0.649. The molecule has 1 heterocycles. The number of hydrogen-bond acceptors (Lipinski definition) is 3. The zero-order chi connectivity index (χ0) is 10.6. The second-order valence-corrected chi connectivity index (χ2v) is 2.96. The van der Waals surface area contributed by atoms with Crippen molar-refractivity contribution in [3.63, 3.8) is 0 Å². The summed E-state index contributed by atoms with van der Waals surface area (Å²) < 4.78 is 1.77. The van der Waals surface area contributed by atoms with E-state index in [-0.39, 0.29) is 0 Å². The quantitative estimate of drug-likeness (QED) is 0.725. The fourth-order valence-corrected chi connectivity index (χ4v) is 1.15. The van der Waals surface area contributed by atoms with E-state index in [2.05, 4.69) is 10.1 Å². The van der Waals surface area contributed by atoms with Gasteiger partial charge in [-0.05, 0) is 20.3 Å². The average molecular weight is 195 g/mol. The Balaban J connectivity index is 2.46. The summed E-state index contributed by atoms with van der Waals surface area (Å²) in [4.78, 5) is 14.3. The highest BCUT2D eigenvalue weighted by atomic mass is 16.4. The van der Waals surface area contributed by atoms with Gasteiger partial charge in [-0.25, -0.2) is 14.5 Å². The maximum absolute atomic E-state index is 10.2. The van der Waals surface area contributed by atoms with Gasteiger partial charge >= 0.3 is 5.97 Å². The molecule has 76 valence electrons. The van der Waals surface area contributed by atoms with Crippen molar-refractivity contribution in [1.82, 2.24) is 14.8 Å². The Labute approximate surface area is 82.1 Å². The lowest BCUT2D eigenvalue weighted by Gasteiger charge is -1.98. The molecule has 0 aliphatic carbocycles. The molecule has 0 atom stereocenters. The van der Waals surface area contributed by atoms with Gasteiger partial charge in [-0.15, -0.1) is 0 Å². The second kappa shape index (κ2) is 4.55. The van der Waals surface area contributed by atoms with Crippen LogP contribution in [0.3, 0.4) is 0 Å². The molecule has 0 saturated heterocycles. The molecule has 0 unspecified atom stereocenters. The van der Waals surface area contributed by atoms with E-state index in [4.69, 9.17) is 5.11 Å². The highest BCUT2D eigenvalue weighted by Gasteiger charge is 1.99. The van der Waals surface area contributed by atoms with E-state index in [0.717, 1.165) is 17.7 Å². The van der Waals surface area contributed by atoms with Crippen molar-refractivity contribution in [2.45, 2.75) is 26.8 Å². The van der Waals surface area contributed by atoms with Crippen LogP contribution in [-0.4, -0.2) is 25.8 Å². The third-order valence-corrected chi connectivity index (χ3v) is 1.73. The molecule has 0 radical (unpaired) electrons. The van der Waals surface area contributed by atoms with E-state index >= 15 is 0 Å². The fourth-order valence-electron chi connectivity index (χ4n) is 1.15. The summed E-state index contributed by atoms with van der Waals surface area (Å²) in [6.07, 6.45) is 3.40. The molecule has 0 spiro atoms. The predicted octanol–water partition coefficient (Wildman–Crippen LogP) is 0.926. The SMILES string of the molecule is Cc1nc(C)n(CCC=CC(=O)O)n1. The Hall–Kier alpha value is -1.65. The van der Waals surface area contributed by atoms with Crippen LogP contribution in [0.2, 0.25) is 0 Å². The molecular weight excluding hydrogens is 182 g/mol. The van der Waals surface area contributed by atoms with E-state index in [9.17, 15) is 4.79 Å². The Bertz CT molecular complexity index is 355. The summed E-state index contributed by atoms with van der Waals surface area (Å²) in [6.45, 7) is 4.37. The molecular formula is C9H13N3O2. The first-order valence-electron chi connectivity index (χ1n) is 4.37. The number of hydrogen-bond donors (Lipinski definition) is 1. The maximum atomic E-state index is 10.2. The standard InChI is InChI=1S/C9H13N3O2/c1-7-10-8(2)12(11-7)6-4-3-5-9(13)14/h3,5H,4,6H2,1-2H3,(H,13,14). The average Bonchev–Trinajstić information content (AvgIpc) is 2.39. The van der Waals surface area contributed by atoms with Gasteiger partial charge in [0.15, 0.2) is 0 Å². The van der Waals surface area contributed by atoms with Crippen molar-refractivity contribution < 1.29 is 9.90 Å². The molecule has 14 heavy (non-hydrogen) atoms. The van der Waals surface area contributed by atoms with E-state index in [1.165, 1.54) is 0 Å². The third-order valence-electron chi connectivity index (χ3n) is 1.73. The molecule has 0 saturated carbocycles. The highest BCUT2D eigenvalue weighted by Crippen LogP contribution is 1.97. The van der Waals surface area contributed by atoms with Crippen LogP contribution >= 0.6 is 0 Å². The molecule has 0 bridgehead atoms. The molecule has 5 nitrogen and oxygen atoms in total. The van der Waals surface area contributed by atoms with Crippen LogP contribution in [0.5, 0.6) is 0 Å². The van der Waals surface area contributed by atoms with Gasteiger partial charge in [0.1, 0.15) is 11.6 Å². The molecule has 1 aromatic heterocycles. The van der Waals surface area contributed by atoms with Crippen LogP contribution in [-0.2, 0) is 11.3 Å². The van der Waals surface area contributed by atoms with Crippen molar-refractivity contribution in [1.29, 1.82) is 0 Å². The zero-order valence-corrected chi connectivity index (χ0v) is 8.27. The molecule has 0 aliphatic heterocycles. The summed E-state index contributed by atoms with van der Waals surface area (Å²) >= 11 is 0. The smallest absolute Gasteiger partial charge is 0.327 e. The number of aliphatic carboxylic acids is 1. The Kier molecular flexibility index (Phi) is 3.39. The van der Waals surface area contributed by atoms with E-state index in [1.54, 1.807) is 10.8 Å². The van der Waals surface area contributed by atoms with Crippen LogP contribution < -0.4 is 0 Å². The molecule has 0 aliphatic rings. The van der Waals surface area contributed by atoms with Crippen molar-refractivity contribution in [3.8, 4) is 0 Å². The number of carboxylic acid groups (broad SMARTS) is 1. The number of aromatic nitrogens is 3. The molecule has 1 aromatic rings. The fraction of sp³-hybridized carbons (Fsp3) is 0.444. The Morgan fingerprint density at radius 2 is 2.29 bits per heavy atom. The van der Waals surface area contributed by atoms with Gasteiger partial charge in [0.2, 0.25) is 0 Å². The van der Waals surface area contributed by atoms with Gasteiger partial charge in [0.05, 0.1) is 0 Å². The monoisotopic (exact) mass is 195 g/mol. The molecule has 0 fully saturated rings. The van der Waals surface area contributed by atoms with Crippen molar-refractivity contribution >= 4 is 5.97 Å². The van der Waals surface area contributed by atoms with Crippen molar-refractivity contribution in [2.75, 3.05) is 0 Å². The second-order valence-electron chi connectivity index (χ2n) is 2.96. The molecule has 1 N–H and O–H groups in total. The topological polar surface area (TPSA) is 68.0 Å². The van der Waals surface area contributed by atoms with E-state index in [0.29, 0.717) is 13.0 Å². The van der Waals surface area contributed by atoms with Crippen LogP contribution in [0.15, 0.2) is 12.2 Å². The number of carboxylic acids is 1. The third kappa shape index (κ3) is 3.01. The van der Waals surface area contributed by atoms with E-state index < -0.39 is 5.97 Å². The number of aryl methyl sites for hydroxylation is 3. The first-order valence-corrected chi connectivity index (χ1v) is 4.37. The summed E-state index contributed by atoms with van der Waals surface area (Å²) in [7, 11) is 0. The predicted molar refractivity (Wildman–Crippen MR) is 50.9 cm³/mol. The molecule has 0 amide bonds. The van der Waals surface area contributed by atoms with Crippen molar-refractivity contribution in [3.05, 3.63) is 23.8 Å². The summed E-state index contributed by atoms with van der Waals surface area (Å²) in [5, 5.41) is 12.5. The summed E-state index contributed by atoms with van der Waals surface area (Å²) in [5.41, 5.74) is 0.